The first-order valence-corrected chi connectivity index (χ1v) is 9.49. The van der Waals surface area contributed by atoms with Gasteiger partial charge in [0.25, 0.3) is 0 Å². The third-order valence-corrected chi connectivity index (χ3v) is 4.09. The lowest BCUT2D eigenvalue weighted by Crippen LogP contribution is -2.09. The smallest absolute Gasteiger partial charge is 0.248 e. The van der Waals surface area contributed by atoms with Gasteiger partial charge in [-0.05, 0) is 30.2 Å². The van der Waals surface area contributed by atoms with Gasteiger partial charge < -0.3 is 10.3 Å². The Morgan fingerprint density at radius 1 is 1.08 bits per heavy atom. The minimum Gasteiger partial charge on any atom is -0.366 e. The molecule has 6 heteroatoms. The predicted octanol–water partition coefficient (Wildman–Crippen LogP) is 4.80. The van der Waals surface area contributed by atoms with E-state index in [0.717, 1.165) is 33.5 Å². The molecule has 0 unspecified atom stereocenters. The number of pyridine rings is 1. The summed E-state index contributed by atoms with van der Waals surface area (Å²) in [6.07, 6.45) is 2.47. The van der Waals surface area contributed by atoms with Gasteiger partial charge in [0.1, 0.15) is 5.82 Å². The Hall–Kier alpha value is -2.47. The molecule has 0 aliphatic rings. The van der Waals surface area contributed by atoms with Crippen LogP contribution in [0.3, 0.4) is 0 Å². The number of benzene rings is 1. The Balaban J connectivity index is 0.00000117. The predicted molar refractivity (Wildman–Crippen MR) is 110 cm³/mol. The second-order valence-corrected chi connectivity index (χ2v) is 6.26. The average molecular weight is 415 g/mol. The molecule has 26 heavy (non-hydrogen) atoms. The molecule has 1 aromatic carbocycles. The van der Waals surface area contributed by atoms with Crippen LogP contribution in [-0.2, 0) is 13.0 Å². The molecule has 0 atom stereocenters. The van der Waals surface area contributed by atoms with Crippen LogP contribution in [0.4, 0.5) is 5.82 Å². The first-order valence-electron chi connectivity index (χ1n) is 8.69. The first kappa shape index (κ1) is 19.8. The topological polar surface area (TPSA) is 70.7 Å². The number of H-pyrrole nitrogens is 1. The van der Waals surface area contributed by atoms with Gasteiger partial charge in [-0.1, -0.05) is 48.8 Å². The number of hydrogen-bond acceptors (Lipinski definition) is 4. The molecule has 5 nitrogen and oxygen atoms in total. The van der Waals surface area contributed by atoms with Crippen molar-refractivity contribution < 1.29 is 0 Å². The van der Waals surface area contributed by atoms with Crippen molar-refractivity contribution in [2.24, 2.45) is 0 Å². The van der Waals surface area contributed by atoms with Crippen LogP contribution in [0, 0.1) is 0 Å². The molecule has 0 saturated heterocycles. The number of aryl methyl sites for hydroxylation is 1. The lowest BCUT2D eigenvalue weighted by atomic mass is 10.2. The molecule has 3 rings (SSSR count). The van der Waals surface area contributed by atoms with Crippen molar-refractivity contribution in [3.63, 3.8) is 0 Å². The van der Waals surface area contributed by atoms with Crippen molar-refractivity contribution in [2.75, 3.05) is 5.32 Å². The van der Waals surface area contributed by atoms with Gasteiger partial charge in [-0.3, -0.25) is 4.79 Å². The van der Waals surface area contributed by atoms with Crippen LogP contribution in [0.15, 0.2) is 57.9 Å². The fourth-order valence-corrected chi connectivity index (χ4v) is 2.55. The second kappa shape index (κ2) is 9.87. The van der Waals surface area contributed by atoms with Crippen molar-refractivity contribution in [1.29, 1.82) is 0 Å². The standard InChI is InChI=1S/C18H17BrN4O.C2H6/c1-2-15-10-16(21-11-12-7-8-20-17(24)9-12)23-18(22-15)13-3-5-14(19)6-4-13;1-2/h3-10H,2,11H2,1H3,(H,20,24)(H,21,22,23);1-2H3. The van der Waals surface area contributed by atoms with E-state index in [1.54, 1.807) is 12.3 Å². The molecular formula is C20H23BrN4O. The molecule has 2 N–H and O–H groups in total. The molecule has 2 heterocycles. The molecule has 0 bridgehead atoms. The van der Waals surface area contributed by atoms with E-state index in [1.807, 2.05) is 50.2 Å². The summed E-state index contributed by atoms with van der Waals surface area (Å²) in [6, 6.07) is 13.3. The number of nitrogens with zero attached hydrogens (tertiary/aromatic N) is 2. The minimum atomic E-state index is -0.109. The molecule has 0 spiro atoms. The maximum atomic E-state index is 11.4. The van der Waals surface area contributed by atoms with Crippen molar-refractivity contribution in [1.82, 2.24) is 15.0 Å². The van der Waals surface area contributed by atoms with E-state index in [0.29, 0.717) is 12.4 Å². The monoisotopic (exact) mass is 414 g/mol. The fourth-order valence-electron chi connectivity index (χ4n) is 2.29. The first-order chi connectivity index (χ1) is 12.6. The largest absolute Gasteiger partial charge is 0.366 e. The number of aromatic nitrogens is 3. The quantitative estimate of drug-likeness (QED) is 0.628. The molecule has 0 saturated carbocycles. The van der Waals surface area contributed by atoms with Gasteiger partial charge in [0, 0.05) is 40.6 Å². The van der Waals surface area contributed by atoms with Crippen LogP contribution < -0.4 is 10.9 Å². The maximum absolute atomic E-state index is 11.4. The summed E-state index contributed by atoms with van der Waals surface area (Å²) < 4.78 is 1.02. The van der Waals surface area contributed by atoms with E-state index in [1.165, 1.54) is 0 Å². The normalized spacial score (nSPS) is 10.0. The Morgan fingerprint density at radius 2 is 1.81 bits per heavy atom. The van der Waals surface area contributed by atoms with Crippen LogP contribution in [0.5, 0.6) is 0 Å². The van der Waals surface area contributed by atoms with E-state index < -0.39 is 0 Å². The van der Waals surface area contributed by atoms with E-state index in [9.17, 15) is 4.79 Å². The summed E-state index contributed by atoms with van der Waals surface area (Å²) in [5, 5.41) is 3.27. The number of aromatic amines is 1. The summed E-state index contributed by atoms with van der Waals surface area (Å²) in [5.74, 6) is 1.44. The van der Waals surface area contributed by atoms with Gasteiger partial charge in [-0.2, -0.15) is 0 Å². The zero-order valence-electron chi connectivity index (χ0n) is 15.2. The highest BCUT2D eigenvalue weighted by atomic mass is 79.9. The number of rotatable bonds is 5. The molecule has 0 aliphatic heterocycles. The van der Waals surface area contributed by atoms with E-state index >= 15 is 0 Å². The lowest BCUT2D eigenvalue weighted by molar-refractivity contribution is 0.991. The summed E-state index contributed by atoms with van der Waals surface area (Å²) in [6.45, 7) is 6.60. The maximum Gasteiger partial charge on any atom is 0.248 e. The molecule has 0 radical (unpaired) electrons. The summed E-state index contributed by atoms with van der Waals surface area (Å²) in [4.78, 5) is 23.2. The number of anilines is 1. The Bertz CT molecular complexity index is 891. The molecular weight excluding hydrogens is 392 g/mol. The summed E-state index contributed by atoms with van der Waals surface area (Å²) in [5.41, 5.74) is 2.73. The van der Waals surface area contributed by atoms with Crippen LogP contribution in [-0.4, -0.2) is 15.0 Å². The second-order valence-electron chi connectivity index (χ2n) is 5.34. The van der Waals surface area contributed by atoms with Gasteiger partial charge in [-0.25, -0.2) is 9.97 Å². The third kappa shape index (κ3) is 5.52. The summed E-state index contributed by atoms with van der Waals surface area (Å²) in [7, 11) is 0. The third-order valence-electron chi connectivity index (χ3n) is 3.56. The van der Waals surface area contributed by atoms with Crippen molar-refractivity contribution in [3.05, 3.63) is 74.7 Å². The zero-order valence-corrected chi connectivity index (χ0v) is 16.8. The van der Waals surface area contributed by atoms with Crippen molar-refractivity contribution >= 4 is 21.7 Å². The molecule has 2 aromatic heterocycles. The SMILES string of the molecule is CC.CCc1cc(NCc2cc[nH]c(=O)c2)nc(-c2ccc(Br)cc2)n1. The van der Waals surface area contributed by atoms with Gasteiger partial charge in [0.15, 0.2) is 5.82 Å². The highest BCUT2D eigenvalue weighted by Gasteiger charge is 2.06. The average Bonchev–Trinajstić information content (AvgIpc) is 2.68. The Labute approximate surface area is 162 Å². The van der Waals surface area contributed by atoms with Crippen LogP contribution in [0.2, 0.25) is 0 Å². The molecule has 136 valence electrons. The van der Waals surface area contributed by atoms with E-state index in [-0.39, 0.29) is 5.56 Å². The molecule has 0 aliphatic carbocycles. The lowest BCUT2D eigenvalue weighted by Gasteiger charge is -2.10. The number of hydrogen-bond donors (Lipinski definition) is 2. The Morgan fingerprint density at radius 3 is 2.46 bits per heavy atom. The Kier molecular flexibility index (Phi) is 7.53. The minimum absolute atomic E-state index is 0.109. The van der Waals surface area contributed by atoms with Gasteiger partial charge in [0.05, 0.1) is 0 Å². The summed E-state index contributed by atoms with van der Waals surface area (Å²) >= 11 is 3.44. The molecule has 3 aromatic rings. The van der Waals surface area contributed by atoms with Gasteiger partial charge in [0.2, 0.25) is 5.56 Å². The van der Waals surface area contributed by atoms with E-state index in [4.69, 9.17) is 0 Å². The number of nitrogens with one attached hydrogen (secondary N) is 2. The highest BCUT2D eigenvalue weighted by Crippen LogP contribution is 2.21. The van der Waals surface area contributed by atoms with Crippen LogP contribution in [0.1, 0.15) is 32.0 Å². The van der Waals surface area contributed by atoms with Crippen molar-refractivity contribution in [3.8, 4) is 11.4 Å². The van der Waals surface area contributed by atoms with Crippen molar-refractivity contribution in [2.45, 2.75) is 33.7 Å². The highest BCUT2D eigenvalue weighted by molar-refractivity contribution is 9.10. The van der Waals surface area contributed by atoms with E-state index in [2.05, 4.69) is 43.1 Å². The van der Waals surface area contributed by atoms with Gasteiger partial charge >= 0.3 is 0 Å². The fraction of sp³-hybridized carbons (Fsp3) is 0.250. The van der Waals surface area contributed by atoms with Crippen LogP contribution in [0.25, 0.3) is 11.4 Å². The number of halogens is 1. The molecule has 0 fully saturated rings. The molecule has 0 amide bonds. The van der Waals surface area contributed by atoms with Crippen LogP contribution >= 0.6 is 15.9 Å². The zero-order chi connectivity index (χ0) is 18.9. The van der Waals surface area contributed by atoms with Gasteiger partial charge in [-0.15, -0.1) is 0 Å².